The Kier molecular flexibility index (Phi) is 3.58. The molecule has 3 aliphatic rings. The zero-order chi connectivity index (χ0) is 14.3. The molecule has 21 heavy (non-hydrogen) atoms. The molecule has 3 fully saturated rings. The van der Waals surface area contributed by atoms with Crippen molar-refractivity contribution in [3.8, 4) is 0 Å². The quantitative estimate of drug-likeness (QED) is 0.772. The molecule has 1 aliphatic carbocycles. The molecule has 4 rings (SSSR count). The summed E-state index contributed by atoms with van der Waals surface area (Å²) in [6, 6.07) is 7.02. The first-order chi connectivity index (χ1) is 10.3. The van der Waals surface area contributed by atoms with Crippen LogP contribution in [0.1, 0.15) is 39.0 Å². The summed E-state index contributed by atoms with van der Waals surface area (Å²) < 4.78 is 0. The second-order valence-corrected chi connectivity index (χ2v) is 7.68. The average Bonchev–Trinajstić information content (AvgIpc) is 3.10. The summed E-state index contributed by atoms with van der Waals surface area (Å²) in [5, 5.41) is 3.56. The van der Waals surface area contributed by atoms with Gasteiger partial charge in [-0.3, -0.25) is 4.90 Å². The van der Waals surface area contributed by atoms with E-state index in [1.54, 1.807) is 5.57 Å². The molecule has 0 radical (unpaired) electrons. The summed E-state index contributed by atoms with van der Waals surface area (Å²) >= 11 is 1.81. The Balaban J connectivity index is 1.63. The normalized spacial score (nSPS) is 37.1. The molecule has 0 bridgehead atoms. The summed E-state index contributed by atoms with van der Waals surface area (Å²) in [6.45, 7) is 4.93. The van der Waals surface area contributed by atoms with Crippen molar-refractivity contribution in [1.29, 1.82) is 0 Å². The maximum atomic E-state index is 4.45. The number of hydrogen-bond acceptors (Lipinski definition) is 3. The lowest BCUT2D eigenvalue weighted by Gasteiger charge is -2.43. The van der Waals surface area contributed by atoms with Crippen molar-refractivity contribution in [2.75, 3.05) is 13.1 Å². The average molecular weight is 300 g/mol. The van der Waals surface area contributed by atoms with Crippen LogP contribution in [0.15, 0.2) is 40.4 Å². The molecule has 3 heterocycles. The SMILES string of the molecule is CC[C@]12CCC[C@@H]3CCN(C/C1=C/Sc1ccccn1)[C@@H]32. The predicted octanol–water partition coefficient (Wildman–Crippen LogP) is 4.34. The Bertz CT molecular complexity index is 539. The highest BCUT2D eigenvalue weighted by Crippen LogP contribution is 2.57. The highest BCUT2D eigenvalue weighted by molar-refractivity contribution is 8.02. The lowest BCUT2D eigenvalue weighted by atomic mass is 9.63. The minimum Gasteiger partial charge on any atom is -0.295 e. The number of thioether (sulfide) groups is 1. The number of hydrogen-bond donors (Lipinski definition) is 0. The van der Waals surface area contributed by atoms with Gasteiger partial charge in [0.25, 0.3) is 0 Å². The van der Waals surface area contributed by atoms with Gasteiger partial charge in [0, 0.05) is 24.2 Å². The summed E-state index contributed by atoms with van der Waals surface area (Å²) in [7, 11) is 0. The van der Waals surface area contributed by atoms with E-state index in [0.29, 0.717) is 5.41 Å². The molecule has 2 aliphatic heterocycles. The maximum Gasteiger partial charge on any atom is 0.100 e. The summed E-state index contributed by atoms with van der Waals surface area (Å²) in [4.78, 5) is 7.22. The minimum absolute atomic E-state index is 0.473. The maximum absolute atomic E-state index is 4.45. The second kappa shape index (κ2) is 5.44. The monoisotopic (exact) mass is 300 g/mol. The third-order valence-electron chi connectivity index (χ3n) is 5.99. The van der Waals surface area contributed by atoms with Gasteiger partial charge in [0.1, 0.15) is 5.03 Å². The lowest BCUT2D eigenvalue weighted by molar-refractivity contribution is 0.111. The van der Waals surface area contributed by atoms with E-state index in [-0.39, 0.29) is 0 Å². The van der Waals surface area contributed by atoms with Crippen molar-refractivity contribution >= 4 is 11.8 Å². The van der Waals surface area contributed by atoms with Crippen LogP contribution in [-0.2, 0) is 0 Å². The van der Waals surface area contributed by atoms with E-state index in [9.17, 15) is 0 Å². The lowest BCUT2D eigenvalue weighted by Crippen LogP contribution is -2.42. The molecular formula is C18H24N2S. The Hall–Kier alpha value is -0.800. The highest BCUT2D eigenvalue weighted by atomic mass is 32.2. The van der Waals surface area contributed by atoms with E-state index in [1.165, 1.54) is 45.2 Å². The molecule has 0 spiro atoms. The van der Waals surface area contributed by atoms with Gasteiger partial charge in [-0.25, -0.2) is 4.98 Å². The molecule has 112 valence electrons. The third-order valence-corrected chi connectivity index (χ3v) is 6.88. The van der Waals surface area contributed by atoms with Crippen molar-refractivity contribution in [1.82, 2.24) is 9.88 Å². The van der Waals surface area contributed by atoms with Crippen LogP contribution in [0.4, 0.5) is 0 Å². The van der Waals surface area contributed by atoms with Gasteiger partial charge in [-0.2, -0.15) is 0 Å². The molecule has 0 aromatic carbocycles. The first-order valence-electron chi connectivity index (χ1n) is 8.35. The Morgan fingerprint density at radius 1 is 1.43 bits per heavy atom. The molecule has 3 atom stereocenters. The fraction of sp³-hybridized carbons (Fsp3) is 0.611. The molecule has 0 amide bonds. The Labute approximate surface area is 132 Å². The Morgan fingerprint density at radius 3 is 3.19 bits per heavy atom. The molecule has 0 unspecified atom stereocenters. The van der Waals surface area contributed by atoms with E-state index >= 15 is 0 Å². The van der Waals surface area contributed by atoms with Crippen LogP contribution >= 0.6 is 11.8 Å². The third kappa shape index (κ3) is 2.17. The smallest absolute Gasteiger partial charge is 0.100 e. The fourth-order valence-electron chi connectivity index (χ4n) is 5.08. The van der Waals surface area contributed by atoms with Crippen molar-refractivity contribution in [2.45, 2.75) is 50.1 Å². The van der Waals surface area contributed by atoms with Gasteiger partial charge in [-0.1, -0.05) is 31.2 Å². The molecule has 2 nitrogen and oxygen atoms in total. The topological polar surface area (TPSA) is 16.1 Å². The molecule has 3 heteroatoms. The van der Waals surface area contributed by atoms with Gasteiger partial charge < -0.3 is 0 Å². The van der Waals surface area contributed by atoms with Crippen molar-refractivity contribution in [2.24, 2.45) is 11.3 Å². The largest absolute Gasteiger partial charge is 0.295 e. The van der Waals surface area contributed by atoms with Crippen LogP contribution in [0, 0.1) is 11.3 Å². The van der Waals surface area contributed by atoms with Crippen LogP contribution in [0.3, 0.4) is 0 Å². The number of aromatic nitrogens is 1. The van der Waals surface area contributed by atoms with Crippen LogP contribution in [-0.4, -0.2) is 29.0 Å². The molecular weight excluding hydrogens is 276 g/mol. The first kappa shape index (κ1) is 13.8. The van der Waals surface area contributed by atoms with Crippen molar-refractivity contribution in [3.63, 3.8) is 0 Å². The van der Waals surface area contributed by atoms with Gasteiger partial charge in [-0.05, 0) is 61.3 Å². The summed E-state index contributed by atoms with van der Waals surface area (Å²) in [6.07, 6.45) is 8.92. The minimum atomic E-state index is 0.473. The summed E-state index contributed by atoms with van der Waals surface area (Å²) in [5.41, 5.74) is 2.16. The van der Waals surface area contributed by atoms with Crippen LogP contribution < -0.4 is 0 Å². The van der Waals surface area contributed by atoms with Gasteiger partial charge in [0.15, 0.2) is 0 Å². The number of rotatable bonds is 3. The molecule has 2 saturated heterocycles. The molecule has 1 aromatic heterocycles. The van der Waals surface area contributed by atoms with Crippen LogP contribution in [0.25, 0.3) is 0 Å². The van der Waals surface area contributed by atoms with Gasteiger partial charge in [-0.15, -0.1) is 0 Å². The standard InChI is InChI=1S/C18H24N2S/c1-2-18-9-5-6-14-8-11-20(17(14)18)12-15(18)13-21-16-7-3-4-10-19-16/h3-4,7,10,13-14,17H,2,5-6,8-9,11-12H2,1H3/b15-13-/t14-,17+,18+/m1/s1. The molecule has 0 N–H and O–H groups in total. The van der Waals surface area contributed by atoms with Crippen molar-refractivity contribution in [3.05, 3.63) is 35.4 Å². The van der Waals surface area contributed by atoms with E-state index in [2.05, 4.69) is 34.3 Å². The molecule has 1 aromatic rings. The number of nitrogens with zero attached hydrogens (tertiary/aromatic N) is 2. The summed E-state index contributed by atoms with van der Waals surface area (Å²) in [5.74, 6) is 0.962. The first-order valence-corrected chi connectivity index (χ1v) is 9.23. The highest BCUT2D eigenvalue weighted by Gasteiger charge is 2.56. The zero-order valence-electron chi connectivity index (χ0n) is 12.8. The van der Waals surface area contributed by atoms with E-state index in [1.807, 2.05) is 24.0 Å². The van der Waals surface area contributed by atoms with E-state index in [0.717, 1.165) is 17.0 Å². The van der Waals surface area contributed by atoms with Crippen molar-refractivity contribution < 1.29 is 0 Å². The van der Waals surface area contributed by atoms with E-state index in [4.69, 9.17) is 0 Å². The van der Waals surface area contributed by atoms with Crippen LogP contribution in [0.5, 0.6) is 0 Å². The second-order valence-electron chi connectivity index (χ2n) is 6.79. The predicted molar refractivity (Wildman–Crippen MR) is 88.2 cm³/mol. The fourth-order valence-corrected chi connectivity index (χ4v) is 5.93. The number of pyridine rings is 1. The van der Waals surface area contributed by atoms with Crippen LogP contribution in [0.2, 0.25) is 0 Å². The van der Waals surface area contributed by atoms with E-state index < -0.39 is 0 Å². The zero-order valence-corrected chi connectivity index (χ0v) is 13.6. The molecule has 1 saturated carbocycles. The Morgan fingerprint density at radius 2 is 2.38 bits per heavy atom. The van der Waals surface area contributed by atoms with Gasteiger partial charge in [0.2, 0.25) is 0 Å². The van der Waals surface area contributed by atoms with Gasteiger partial charge >= 0.3 is 0 Å². The van der Waals surface area contributed by atoms with Gasteiger partial charge in [0.05, 0.1) is 0 Å².